The molecule has 8 heteroatoms. The minimum atomic E-state index is -0.426. The summed E-state index contributed by atoms with van der Waals surface area (Å²) in [6.07, 6.45) is 3.34. The zero-order valence-corrected chi connectivity index (χ0v) is 11.8. The molecule has 0 saturated carbocycles. The van der Waals surface area contributed by atoms with Gasteiger partial charge in [0.05, 0.1) is 13.6 Å². The molecule has 112 valence electrons. The number of tetrazole rings is 1. The Kier molecular flexibility index (Phi) is 4.05. The Bertz CT molecular complexity index is 604. The number of likely N-dealkylation sites (tertiary alicyclic amines) is 1. The number of rotatable bonds is 4. The summed E-state index contributed by atoms with van der Waals surface area (Å²) < 4.78 is 19.2. The third kappa shape index (κ3) is 3.52. The second-order valence-corrected chi connectivity index (χ2v) is 5.10. The number of hydrogen-bond acceptors (Lipinski definition) is 6. The van der Waals surface area contributed by atoms with E-state index in [1.807, 2.05) is 0 Å². The molecule has 0 radical (unpaired) electrons. The minimum absolute atomic E-state index is 0.0696. The third-order valence-electron chi connectivity index (χ3n) is 3.38. The first-order valence-corrected chi connectivity index (χ1v) is 6.93. The van der Waals surface area contributed by atoms with Gasteiger partial charge in [-0.15, -0.1) is 10.2 Å². The van der Waals surface area contributed by atoms with Gasteiger partial charge in [0.2, 0.25) is 0 Å². The average Bonchev–Trinajstić information content (AvgIpc) is 2.87. The lowest BCUT2D eigenvalue weighted by Crippen LogP contribution is -2.41. The van der Waals surface area contributed by atoms with Crippen LogP contribution in [0.5, 0.6) is 5.88 Å². The largest absolute Gasteiger partial charge is 0.471 e. The van der Waals surface area contributed by atoms with Crippen LogP contribution in [-0.4, -0.2) is 49.3 Å². The lowest BCUT2D eigenvalue weighted by atomic mass is 10.1. The van der Waals surface area contributed by atoms with Gasteiger partial charge in [0.15, 0.2) is 11.6 Å². The van der Waals surface area contributed by atoms with Crippen molar-refractivity contribution in [2.24, 2.45) is 7.05 Å². The van der Waals surface area contributed by atoms with Gasteiger partial charge in [-0.1, -0.05) is 0 Å². The van der Waals surface area contributed by atoms with E-state index in [1.54, 1.807) is 13.1 Å². The Morgan fingerprint density at radius 1 is 1.48 bits per heavy atom. The fourth-order valence-corrected chi connectivity index (χ4v) is 2.46. The molecule has 3 heterocycles. The zero-order chi connectivity index (χ0) is 14.7. The number of aryl methyl sites for hydroxylation is 1. The van der Waals surface area contributed by atoms with Gasteiger partial charge in [-0.25, -0.2) is 9.37 Å². The Morgan fingerprint density at radius 3 is 3.14 bits per heavy atom. The van der Waals surface area contributed by atoms with Crippen LogP contribution >= 0.6 is 0 Å². The Balaban J connectivity index is 1.59. The minimum Gasteiger partial charge on any atom is -0.471 e. The lowest BCUT2D eigenvalue weighted by Gasteiger charge is -2.31. The highest BCUT2D eigenvalue weighted by molar-refractivity contribution is 5.13. The normalized spacial score (nSPS) is 19.6. The van der Waals surface area contributed by atoms with E-state index in [1.165, 1.54) is 17.1 Å². The van der Waals surface area contributed by atoms with Crippen LogP contribution in [0.4, 0.5) is 4.39 Å². The van der Waals surface area contributed by atoms with Gasteiger partial charge in [0, 0.05) is 12.7 Å². The van der Waals surface area contributed by atoms with E-state index >= 15 is 0 Å². The summed E-state index contributed by atoms with van der Waals surface area (Å²) in [7, 11) is 1.74. The number of piperidine rings is 1. The van der Waals surface area contributed by atoms with Crippen molar-refractivity contribution in [1.82, 2.24) is 30.1 Å². The van der Waals surface area contributed by atoms with Gasteiger partial charge in [0.1, 0.15) is 6.10 Å². The van der Waals surface area contributed by atoms with E-state index in [9.17, 15) is 4.39 Å². The van der Waals surface area contributed by atoms with Crippen molar-refractivity contribution < 1.29 is 9.13 Å². The fraction of sp³-hybridized carbons (Fsp3) is 0.538. The molecule has 1 saturated heterocycles. The lowest BCUT2D eigenvalue weighted by molar-refractivity contribution is 0.0760. The van der Waals surface area contributed by atoms with E-state index in [-0.39, 0.29) is 12.0 Å². The summed E-state index contributed by atoms with van der Waals surface area (Å²) >= 11 is 0. The molecule has 21 heavy (non-hydrogen) atoms. The first-order chi connectivity index (χ1) is 10.2. The number of nitrogens with zero attached hydrogens (tertiary/aromatic N) is 6. The summed E-state index contributed by atoms with van der Waals surface area (Å²) in [5, 5.41) is 12.0. The predicted molar refractivity (Wildman–Crippen MR) is 71.9 cm³/mol. The smallest absolute Gasteiger partial charge is 0.250 e. The molecule has 7 nitrogen and oxygen atoms in total. The van der Waals surface area contributed by atoms with Gasteiger partial charge in [-0.2, -0.15) is 4.80 Å². The molecular formula is C13H17FN6O. The Labute approximate surface area is 121 Å². The topological polar surface area (TPSA) is 69.0 Å². The second kappa shape index (κ2) is 6.13. The van der Waals surface area contributed by atoms with E-state index in [0.29, 0.717) is 18.9 Å². The highest BCUT2D eigenvalue weighted by Gasteiger charge is 2.23. The summed E-state index contributed by atoms with van der Waals surface area (Å²) in [6, 6.07) is 2.90. The summed E-state index contributed by atoms with van der Waals surface area (Å²) in [5.41, 5.74) is 0. The van der Waals surface area contributed by atoms with Crippen LogP contribution in [0.1, 0.15) is 18.7 Å². The molecule has 0 unspecified atom stereocenters. The van der Waals surface area contributed by atoms with E-state index in [2.05, 4.69) is 25.3 Å². The van der Waals surface area contributed by atoms with Crippen molar-refractivity contribution in [3.63, 3.8) is 0 Å². The molecule has 0 spiro atoms. The number of hydrogen-bond donors (Lipinski definition) is 0. The monoisotopic (exact) mass is 292 g/mol. The molecule has 1 atom stereocenters. The van der Waals surface area contributed by atoms with Gasteiger partial charge in [0.25, 0.3) is 5.88 Å². The first-order valence-electron chi connectivity index (χ1n) is 6.93. The highest BCUT2D eigenvalue weighted by atomic mass is 19.1. The van der Waals surface area contributed by atoms with Crippen molar-refractivity contribution in [3.05, 3.63) is 30.0 Å². The molecule has 0 aromatic carbocycles. The van der Waals surface area contributed by atoms with Gasteiger partial charge in [-0.3, -0.25) is 4.90 Å². The van der Waals surface area contributed by atoms with E-state index in [0.717, 1.165) is 19.4 Å². The Morgan fingerprint density at radius 2 is 2.38 bits per heavy atom. The second-order valence-electron chi connectivity index (χ2n) is 5.10. The molecule has 0 N–H and O–H groups in total. The van der Waals surface area contributed by atoms with Crippen molar-refractivity contribution in [2.75, 3.05) is 13.1 Å². The average molecular weight is 292 g/mol. The molecule has 2 aromatic rings. The van der Waals surface area contributed by atoms with E-state index < -0.39 is 5.82 Å². The van der Waals surface area contributed by atoms with Crippen molar-refractivity contribution in [3.8, 4) is 5.88 Å². The molecule has 0 aliphatic carbocycles. The number of ether oxygens (including phenoxy) is 1. The SMILES string of the molecule is Cn1nnc(CN2CCC[C@@H](Oc3ncccc3F)C2)n1. The van der Waals surface area contributed by atoms with Crippen LogP contribution < -0.4 is 4.74 Å². The molecular weight excluding hydrogens is 275 g/mol. The van der Waals surface area contributed by atoms with Crippen molar-refractivity contribution in [1.29, 1.82) is 0 Å². The van der Waals surface area contributed by atoms with Gasteiger partial charge >= 0.3 is 0 Å². The molecule has 1 fully saturated rings. The maximum atomic E-state index is 13.6. The molecule has 0 amide bonds. The van der Waals surface area contributed by atoms with Gasteiger partial charge in [-0.05, 0) is 36.7 Å². The number of pyridine rings is 1. The summed E-state index contributed by atoms with van der Waals surface area (Å²) in [6.45, 7) is 2.27. The fourth-order valence-electron chi connectivity index (χ4n) is 2.46. The third-order valence-corrected chi connectivity index (χ3v) is 3.38. The summed E-state index contributed by atoms with van der Waals surface area (Å²) in [4.78, 5) is 7.56. The molecule has 1 aliphatic rings. The van der Waals surface area contributed by atoms with Crippen LogP contribution in [0.25, 0.3) is 0 Å². The highest BCUT2D eigenvalue weighted by Crippen LogP contribution is 2.19. The van der Waals surface area contributed by atoms with E-state index in [4.69, 9.17) is 4.74 Å². The molecule has 1 aliphatic heterocycles. The van der Waals surface area contributed by atoms with Crippen LogP contribution in [0.3, 0.4) is 0 Å². The van der Waals surface area contributed by atoms with Crippen molar-refractivity contribution in [2.45, 2.75) is 25.5 Å². The van der Waals surface area contributed by atoms with Crippen LogP contribution in [0.15, 0.2) is 18.3 Å². The molecule has 2 aromatic heterocycles. The Hall–Kier alpha value is -2.09. The van der Waals surface area contributed by atoms with Gasteiger partial charge < -0.3 is 4.74 Å². The number of halogens is 1. The van der Waals surface area contributed by atoms with Crippen LogP contribution in [-0.2, 0) is 13.6 Å². The maximum Gasteiger partial charge on any atom is 0.250 e. The maximum absolute atomic E-state index is 13.6. The van der Waals surface area contributed by atoms with Crippen LogP contribution in [0, 0.1) is 5.82 Å². The zero-order valence-electron chi connectivity index (χ0n) is 11.8. The van der Waals surface area contributed by atoms with Crippen molar-refractivity contribution >= 4 is 0 Å². The summed E-state index contributed by atoms with van der Waals surface area (Å²) in [5.74, 6) is 0.328. The van der Waals surface area contributed by atoms with Crippen LogP contribution in [0.2, 0.25) is 0 Å². The molecule has 3 rings (SSSR count). The predicted octanol–water partition coefficient (Wildman–Crippen LogP) is 0.788. The first kappa shape index (κ1) is 13.9. The molecule has 0 bridgehead atoms. The quantitative estimate of drug-likeness (QED) is 0.830. The number of aromatic nitrogens is 5. The standard InChI is InChI=1S/C13H17FN6O/c1-19-17-12(16-18-19)9-20-7-3-4-10(8-20)21-13-11(14)5-2-6-15-13/h2,5-6,10H,3-4,7-9H2,1H3/t10-/m1/s1.